The maximum atomic E-state index is 5.48. The Morgan fingerprint density at radius 2 is 2.07 bits per heavy atom. The van der Waals surface area contributed by atoms with Crippen LogP contribution in [0, 0.1) is 12.3 Å². The Morgan fingerprint density at radius 3 is 2.73 bits per heavy atom. The summed E-state index contributed by atoms with van der Waals surface area (Å²) in [6.45, 7) is 1.20. The lowest BCUT2D eigenvalue weighted by atomic mass is 10.1. The molecule has 1 heterocycles. The summed E-state index contributed by atoms with van der Waals surface area (Å²) in [5.41, 5.74) is 1.02. The molecule has 0 saturated heterocycles. The summed E-state index contributed by atoms with van der Waals surface area (Å²) in [7, 11) is 1.83. The van der Waals surface area contributed by atoms with E-state index in [1.54, 1.807) is 0 Å². The molecule has 78 valence electrons. The highest BCUT2D eigenvalue weighted by molar-refractivity contribution is 5.45. The van der Waals surface area contributed by atoms with Gasteiger partial charge in [0.05, 0.1) is 6.04 Å². The van der Waals surface area contributed by atoms with Gasteiger partial charge in [-0.05, 0) is 24.7 Å². The second-order valence-electron chi connectivity index (χ2n) is 3.29. The first-order valence-corrected chi connectivity index (χ1v) is 4.88. The van der Waals surface area contributed by atoms with Gasteiger partial charge in [0.2, 0.25) is 0 Å². The smallest absolute Gasteiger partial charge is 0.161 e. The minimum Gasteiger partial charge on any atom is -0.486 e. The second-order valence-corrected chi connectivity index (χ2v) is 3.29. The zero-order valence-corrected chi connectivity index (χ0v) is 8.62. The molecule has 1 aliphatic rings. The van der Waals surface area contributed by atoms with Crippen molar-refractivity contribution < 1.29 is 9.47 Å². The van der Waals surface area contributed by atoms with Crippen molar-refractivity contribution in [1.82, 2.24) is 5.32 Å². The highest BCUT2D eigenvalue weighted by Crippen LogP contribution is 2.32. The van der Waals surface area contributed by atoms with Crippen LogP contribution in [0.5, 0.6) is 11.5 Å². The first-order valence-electron chi connectivity index (χ1n) is 4.88. The van der Waals surface area contributed by atoms with Crippen molar-refractivity contribution in [3.05, 3.63) is 23.8 Å². The molecule has 0 radical (unpaired) electrons. The first-order chi connectivity index (χ1) is 7.35. The molecule has 0 saturated carbocycles. The summed E-state index contributed by atoms with van der Waals surface area (Å²) in [6, 6.07) is 5.69. The van der Waals surface area contributed by atoms with Gasteiger partial charge < -0.3 is 14.8 Å². The Bertz CT molecular complexity index is 395. The molecule has 0 bridgehead atoms. The molecular weight excluding hydrogens is 190 g/mol. The van der Waals surface area contributed by atoms with Gasteiger partial charge in [0, 0.05) is 0 Å². The molecule has 2 rings (SSSR count). The van der Waals surface area contributed by atoms with E-state index < -0.39 is 0 Å². The van der Waals surface area contributed by atoms with Crippen molar-refractivity contribution in [3.8, 4) is 23.8 Å². The van der Waals surface area contributed by atoms with Gasteiger partial charge in [-0.3, -0.25) is 0 Å². The number of ether oxygens (including phenoxy) is 2. The van der Waals surface area contributed by atoms with Gasteiger partial charge in [0.25, 0.3) is 0 Å². The van der Waals surface area contributed by atoms with E-state index in [-0.39, 0.29) is 6.04 Å². The predicted molar refractivity (Wildman–Crippen MR) is 58.1 cm³/mol. The van der Waals surface area contributed by atoms with Crippen molar-refractivity contribution in [1.29, 1.82) is 0 Å². The number of terminal acetylenes is 1. The van der Waals surface area contributed by atoms with Gasteiger partial charge in [0.1, 0.15) is 13.2 Å². The zero-order chi connectivity index (χ0) is 10.7. The molecule has 1 atom stereocenters. The van der Waals surface area contributed by atoms with Crippen LogP contribution < -0.4 is 14.8 Å². The van der Waals surface area contributed by atoms with Crippen molar-refractivity contribution >= 4 is 0 Å². The van der Waals surface area contributed by atoms with E-state index in [0.717, 1.165) is 17.1 Å². The Kier molecular flexibility index (Phi) is 2.79. The summed E-state index contributed by atoms with van der Waals surface area (Å²) in [5, 5.41) is 3.04. The van der Waals surface area contributed by atoms with Crippen LogP contribution in [0.4, 0.5) is 0 Å². The highest BCUT2D eigenvalue weighted by atomic mass is 16.6. The zero-order valence-electron chi connectivity index (χ0n) is 8.62. The van der Waals surface area contributed by atoms with E-state index >= 15 is 0 Å². The van der Waals surface area contributed by atoms with Crippen molar-refractivity contribution in [3.63, 3.8) is 0 Å². The van der Waals surface area contributed by atoms with Gasteiger partial charge >= 0.3 is 0 Å². The Hall–Kier alpha value is -1.66. The average molecular weight is 203 g/mol. The number of hydrogen-bond donors (Lipinski definition) is 1. The first kappa shape index (κ1) is 9.88. The number of rotatable bonds is 2. The highest BCUT2D eigenvalue weighted by Gasteiger charge is 2.14. The minimum absolute atomic E-state index is 0.0826. The van der Waals surface area contributed by atoms with E-state index in [0.29, 0.717) is 13.2 Å². The lowest BCUT2D eigenvalue weighted by Crippen LogP contribution is -2.17. The molecule has 1 unspecified atom stereocenters. The Labute approximate surface area is 89.4 Å². The molecule has 1 aromatic carbocycles. The second kappa shape index (κ2) is 4.24. The predicted octanol–water partition coefficient (Wildman–Crippen LogP) is 1.35. The maximum Gasteiger partial charge on any atom is 0.161 e. The third-order valence-electron chi connectivity index (χ3n) is 2.35. The molecule has 0 aliphatic carbocycles. The maximum absolute atomic E-state index is 5.48. The van der Waals surface area contributed by atoms with E-state index in [2.05, 4.69) is 11.2 Å². The fourth-order valence-electron chi connectivity index (χ4n) is 1.59. The molecule has 0 fully saturated rings. The van der Waals surface area contributed by atoms with E-state index in [9.17, 15) is 0 Å². The fourth-order valence-corrected chi connectivity index (χ4v) is 1.59. The van der Waals surface area contributed by atoms with Crippen LogP contribution in [-0.2, 0) is 0 Å². The fraction of sp³-hybridized carbons (Fsp3) is 0.333. The van der Waals surface area contributed by atoms with Gasteiger partial charge in [-0.25, -0.2) is 0 Å². The van der Waals surface area contributed by atoms with Gasteiger partial charge in [-0.1, -0.05) is 12.0 Å². The SMILES string of the molecule is C#CC(NC)c1ccc2c(c1)OCCO2. The normalized spacial score (nSPS) is 15.5. The summed E-state index contributed by atoms with van der Waals surface area (Å²) < 4.78 is 10.9. The van der Waals surface area contributed by atoms with Crippen LogP contribution in [0.1, 0.15) is 11.6 Å². The van der Waals surface area contributed by atoms with Crippen LogP contribution in [0.3, 0.4) is 0 Å². The lowest BCUT2D eigenvalue weighted by molar-refractivity contribution is 0.171. The largest absolute Gasteiger partial charge is 0.486 e. The topological polar surface area (TPSA) is 30.5 Å². The molecule has 3 heteroatoms. The number of hydrogen-bond acceptors (Lipinski definition) is 3. The standard InChI is InChI=1S/C12H13NO2/c1-3-10(13-2)9-4-5-11-12(8-9)15-7-6-14-11/h1,4-5,8,10,13H,6-7H2,2H3. The van der Waals surface area contributed by atoms with Crippen molar-refractivity contribution in [2.45, 2.75) is 6.04 Å². The molecule has 1 N–H and O–H groups in total. The molecule has 1 aliphatic heterocycles. The molecule has 1 aromatic rings. The molecule has 0 spiro atoms. The Morgan fingerprint density at radius 1 is 1.33 bits per heavy atom. The van der Waals surface area contributed by atoms with Gasteiger partial charge in [-0.2, -0.15) is 0 Å². The van der Waals surface area contributed by atoms with E-state index in [1.165, 1.54) is 0 Å². The van der Waals surface area contributed by atoms with Crippen LogP contribution in [0.25, 0.3) is 0 Å². The van der Waals surface area contributed by atoms with Crippen molar-refractivity contribution in [2.75, 3.05) is 20.3 Å². The molecule has 15 heavy (non-hydrogen) atoms. The third kappa shape index (κ3) is 1.90. The van der Waals surface area contributed by atoms with Gasteiger partial charge in [-0.15, -0.1) is 6.42 Å². The van der Waals surface area contributed by atoms with Crippen LogP contribution in [-0.4, -0.2) is 20.3 Å². The molecule has 0 aromatic heterocycles. The Balaban J connectivity index is 2.32. The number of fused-ring (bicyclic) bond motifs is 1. The van der Waals surface area contributed by atoms with E-state index in [1.807, 2.05) is 25.2 Å². The number of benzene rings is 1. The summed E-state index contributed by atoms with van der Waals surface area (Å²) in [6.07, 6.45) is 5.41. The molecule has 3 nitrogen and oxygen atoms in total. The number of nitrogens with one attached hydrogen (secondary N) is 1. The van der Waals surface area contributed by atoms with Crippen LogP contribution in [0.2, 0.25) is 0 Å². The lowest BCUT2D eigenvalue weighted by Gasteiger charge is -2.20. The minimum atomic E-state index is -0.0826. The summed E-state index contributed by atoms with van der Waals surface area (Å²) in [4.78, 5) is 0. The molecule has 0 amide bonds. The molecular formula is C12H13NO2. The monoisotopic (exact) mass is 203 g/mol. The quantitative estimate of drug-likeness (QED) is 0.736. The van der Waals surface area contributed by atoms with E-state index in [4.69, 9.17) is 15.9 Å². The van der Waals surface area contributed by atoms with Gasteiger partial charge in [0.15, 0.2) is 11.5 Å². The third-order valence-corrected chi connectivity index (χ3v) is 2.35. The summed E-state index contributed by atoms with van der Waals surface area (Å²) >= 11 is 0. The summed E-state index contributed by atoms with van der Waals surface area (Å²) in [5.74, 6) is 4.23. The van der Waals surface area contributed by atoms with Crippen LogP contribution >= 0.6 is 0 Å². The average Bonchev–Trinajstić information content (AvgIpc) is 2.30. The van der Waals surface area contributed by atoms with Crippen molar-refractivity contribution in [2.24, 2.45) is 0 Å². The van der Waals surface area contributed by atoms with Crippen LogP contribution in [0.15, 0.2) is 18.2 Å².